The molecule has 7 heteroatoms. The second-order valence-electron chi connectivity index (χ2n) is 8.51. The van der Waals surface area contributed by atoms with Gasteiger partial charge in [-0.1, -0.05) is 102 Å². The molecule has 5 rings (SSSR count). The minimum atomic E-state index is -0.801. The van der Waals surface area contributed by atoms with Gasteiger partial charge in [-0.3, -0.25) is 14.9 Å². The number of hydrogen-bond acceptors (Lipinski definition) is 5. The number of hydrogen-bond donors (Lipinski definition) is 2. The number of amides is 2. The lowest BCUT2D eigenvalue weighted by molar-refractivity contribution is -0.118. The van der Waals surface area contributed by atoms with E-state index in [4.69, 9.17) is 0 Å². The molecule has 5 aromatic rings. The minimum Gasteiger partial charge on any atom is -0.340 e. The van der Waals surface area contributed by atoms with E-state index in [0.717, 1.165) is 27.5 Å². The molecule has 0 aliphatic rings. The molecule has 2 N–H and O–H groups in total. The Bertz CT molecular complexity index is 1530. The quantitative estimate of drug-likeness (QED) is 0.308. The van der Waals surface area contributed by atoms with Gasteiger partial charge in [-0.25, -0.2) is 0 Å². The number of rotatable bonds is 7. The van der Waals surface area contributed by atoms with Gasteiger partial charge in [0.05, 0.1) is 0 Å². The zero-order valence-electron chi connectivity index (χ0n) is 19.6. The predicted octanol–water partition coefficient (Wildman–Crippen LogP) is 5.65. The van der Waals surface area contributed by atoms with Crippen molar-refractivity contribution in [1.82, 2.24) is 15.5 Å². The monoisotopic (exact) mass is 492 g/mol. The van der Waals surface area contributed by atoms with E-state index in [1.807, 2.05) is 97.9 Å². The van der Waals surface area contributed by atoms with E-state index in [1.54, 1.807) is 6.07 Å². The van der Waals surface area contributed by atoms with Crippen LogP contribution in [0.15, 0.2) is 97.1 Å². The maximum absolute atomic E-state index is 13.4. The molecule has 0 fully saturated rings. The lowest BCUT2D eigenvalue weighted by atomic mass is 10.0. The molecule has 4 aromatic carbocycles. The van der Waals surface area contributed by atoms with Crippen molar-refractivity contribution in [3.05, 3.63) is 114 Å². The Kier molecular flexibility index (Phi) is 6.82. The molecular formula is C29H24N4O2S. The summed E-state index contributed by atoms with van der Waals surface area (Å²) in [7, 11) is 0. The molecule has 2 amide bonds. The van der Waals surface area contributed by atoms with Crippen molar-refractivity contribution in [2.45, 2.75) is 19.4 Å². The molecule has 1 atom stereocenters. The van der Waals surface area contributed by atoms with Crippen molar-refractivity contribution in [2.24, 2.45) is 0 Å². The van der Waals surface area contributed by atoms with Gasteiger partial charge in [-0.15, -0.1) is 10.2 Å². The molecule has 0 radical (unpaired) electrons. The molecule has 1 aromatic heterocycles. The van der Waals surface area contributed by atoms with E-state index in [0.29, 0.717) is 22.1 Å². The Morgan fingerprint density at radius 2 is 1.61 bits per heavy atom. The predicted molar refractivity (Wildman–Crippen MR) is 144 cm³/mol. The van der Waals surface area contributed by atoms with Crippen molar-refractivity contribution in [1.29, 1.82) is 0 Å². The van der Waals surface area contributed by atoms with Crippen molar-refractivity contribution >= 4 is 39.1 Å². The highest BCUT2D eigenvalue weighted by Crippen LogP contribution is 2.27. The van der Waals surface area contributed by atoms with Crippen LogP contribution in [0.1, 0.15) is 21.5 Å². The molecule has 0 aliphatic carbocycles. The first kappa shape index (κ1) is 23.4. The molecule has 0 saturated heterocycles. The first-order valence-electron chi connectivity index (χ1n) is 11.6. The van der Waals surface area contributed by atoms with Crippen molar-refractivity contribution < 1.29 is 9.59 Å². The summed E-state index contributed by atoms with van der Waals surface area (Å²) in [4.78, 5) is 26.7. The fraction of sp³-hybridized carbons (Fsp3) is 0.103. The number of carbonyl (C=O) groups is 2. The number of nitrogens with one attached hydrogen (secondary N) is 2. The average molecular weight is 493 g/mol. The van der Waals surface area contributed by atoms with E-state index < -0.39 is 6.04 Å². The Morgan fingerprint density at radius 3 is 2.44 bits per heavy atom. The van der Waals surface area contributed by atoms with Gasteiger partial charge in [-0.05, 0) is 35.4 Å². The third-order valence-electron chi connectivity index (χ3n) is 5.86. The number of carbonyl (C=O) groups excluding carboxylic acids is 2. The van der Waals surface area contributed by atoms with Crippen LogP contribution in [0, 0.1) is 6.92 Å². The van der Waals surface area contributed by atoms with Crippen LogP contribution < -0.4 is 10.6 Å². The molecule has 0 aliphatic heterocycles. The Balaban J connectivity index is 1.38. The van der Waals surface area contributed by atoms with Gasteiger partial charge in [0.15, 0.2) is 0 Å². The summed E-state index contributed by atoms with van der Waals surface area (Å²) in [5, 5.41) is 17.1. The van der Waals surface area contributed by atoms with E-state index in [1.165, 1.54) is 11.3 Å². The van der Waals surface area contributed by atoms with Crippen molar-refractivity contribution in [3.8, 4) is 10.6 Å². The zero-order chi connectivity index (χ0) is 24.9. The maximum atomic E-state index is 13.4. The fourth-order valence-corrected chi connectivity index (χ4v) is 4.82. The molecule has 0 saturated carbocycles. The molecule has 0 spiro atoms. The summed E-state index contributed by atoms with van der Waals surface area (Å²) < 4.78 is 0. The van der Waals surface area contributed by atoms with Gasteiger partial charge in [0.25, 0.3) is 5.91 Å². The smallest absolute Gasteiger partial charge is 0.252 e. The molecule has 1 heterocycles. The summed E-state index contributed by atoms with van der Waals surface area (Å²) in [5.74, 6) is -0.653. The van der Waals surface area contributed by atoms with Gasteiger partial charge in [-0.2, -0.15) is 0 Å². The summed E-state index contributed by atoms with van der Waals surface area (Å²) in [6.45, 7) is 2.01. The third-order valence-corrected chi connectivity index (χ3v) is 6.75. The molecule has 0 unspecified atom stereocenters. The van der Waals surface area contributed by atoms with E-state index in [2.05, 4.69) is 20.8 Å². The highest BCUT2D eigenvalue weighted by Gasteiger charge is 2.24. The second kappa shape index (κ2) is 10.5. The molecular weight excluding hydrogens is 468 g/mol. The Morgan fingerprint density at radius 1 is 0.861 bits per heavy atom. The lowest BCUT2D eigenvalue weighted by Crippen LogP contribution is -2.45. The van der Waals surface area contributed by atoms with Gasteiger partial charge in [0, 0.05) is 17.5 Å². The number of fused-ring (bicyclic) bond motifs is 1. The van der Waals surface area contributed by atoms with Crippen LogP contribution in [0.5, 0.6) is 0 Å². The summed E-state index contributed by atoms with van der Waals surface area (Å²) in [6, 6.07) is 30.0. The second-order valence-corrected chi connectivity index (χ2v) is 9.49. The number of aryl methyl sites for hydroxylation is 1. The lowest BCUT2D eigenvalue weighted by Gasteiger charge is -2.18. The molecule has 0 bridgehead atoms. The molecule has 6 nitrogen and oxygen atoms in total. The number of nitrogens with zero attached hydrogens (tertiary/aromatic N) is 2. The van der Waals surface area contributed by atoms with E-state index in [-0.39, 0.29) is 11.8 Å². The minimum absolute atomic E-state index is 0.305. The number of benzene rings is 4. The van der Waals surface area contributed by atoms with E-state index >= 15 is 0 Å². The van der Waals surface area contributed by atoms with Crippen LogP contribution in [-0.4, -0.2) is 28.1 Å². The first-order chi connectivity index (χ1) is 17.6. The average Bonchev–Trinajstić information content (AvgIpc) is 3.37. The third kappa shape index (κ3) is 5.31. The van der Waals surface area contributed by atoms with Crippen LogP contribution >= 0.6 is 11.3 Å². The molecule has 36 heavy (non-hydrogen) atoms. The van der Waals surface area contributed by atoms with Crippen LogP contribution in [-0.2, 0) is 11.2 Å². The zero-order valence-corrected chi connectivity index (χ0v) is 20.5. The molecule has 178 valence electrons. The highest BCUT2D eigenvalue weighted by molar-refractivity contribution is 7.18. The number of aromatic nitrogens is 2. The van der Waals surface area contributed by atoms with Crippen LogP contribution in [0.2, 0.25) is 0 Å². The Labute approximate surface area is 213 Å². The van der Waals surface area contributed by atoms with Crippen molar-refractivity contribution in [3.63, 3.8) is 0 Å². The topological polar surface area (TPSA) is 84.0 Å². The SMILES string of the molecule is Cc1cccc(-c2nnc(NC(=O)[C@H](Cc3ccccc3)NC(=O)c3cccc4ccccc34)s2)c1. The van der Waals surface area contributed by atoms with Crippen LogP contribution in [0.3, 0.4) is 0 Å². The normalized spacial score (nSPS) is 11.7. The van der Waals surface area contributed by atoms with Gasteiger partial charge in [0.2, 0.25) is 11.0 Å². The van der Waals surface area contributed by atoms with Gasteiger partial charge in [0.1, 0.15) is 11.0 Å². The highest BCUT2D eigenvalue weighted by atomic mass is 32.1. The summed E-state index contributed by atoms with van der Waals surface area (Å²) in [5.41, 5.74) is 3.52. The van der Waals surface area contributed by atoms with E-state index in [9.17, 15) is 9.59 Å². The first-order valence-corrected chi connectivity index (χ1v) is 12.4. The standard InChI is InChI=1S/C29H24N4O2S/c1-19-9-7-14-22(17-19)28-32-33-29(36-28)31-27(35)25(18-20-10-3-2-4-11-20)30-26(34)24-16-8-13-21-12-5-6-15-23(21)24/h2-17,25H,18H2,1H3,(H,30,34)(H,31,33,35)/t25-/m0/s1. The van der Waals surface area contributed by atoms with Crippen LogP contribution in [0.25, 0.3) is 21.3 Å². The van der Waals surface area contributed by atoms with Crippen LogP contribution in [0.4, 0.5) is 5.13 Å². The Hall–Kier alpha value is -4.36. The fourth-order valence-electron chi connectivity index (χ4n) is 4.08. The van der Waals surface area contributed by atoms with Gasteiger partial charge >= 0.3 is 0 Å². The van der Waals surface area contributed by atoms with Crippen molar-refractivity contribution in [2.75, 3.05) is 5.32 Å². The maximum Gasteiger partial charge on any atom is 0.252 e. The van der Waals surface area contributed by atoms with Gasteiger partial charge < -0.3 is 5.32 Å². The largest absolute Gasteiger partial charge is 0.340 e. The summed E-state index contributed by atoms with van der Waals surface area (Å²) >= 11 is 1.30. The number of anilines is 1. The summed E-state index contributed by atoms with van der Waals surface area (Å²) in [6.07, 6.45) is 0.340.